The van der Waals surface area contributed by atoms with Crippen LogP contribution in [0.2, 0.25) is 0 Å². The van der Waals surface area contributed by atoms with Crippen LogP contribution in [0.25, 0.3) is 0 Å². The lowest BCUT2D eigenvalue weighted by Crippen LogP contribution is -2.62. The van der Waals surface area contributed by atoms with Crippen molar-refractivity contribution in [2.45, 2.75) is 116 Å². The van der Waals surface area contributed by atoms with Gasteiger partial charge in [0.2, 0.25) is 0 Å². The first-order valence-corrected chi connectivity index (χ1v) is 13.3. The number of fused-ring (bicyclic) bond motifs is 5. The molecule has 5 nitrogen and oxygen atoms in total. The normalized spacial score (nSPS) is 51.3. The van der Waals surface area contributed by atoms with Crippen LogP contribution >= 0.6 is 0 Å². The van der Waals surface area contributed by atoms with E-state index in [2.05, 4.69) is 20.8 Å². The molecule has 0 heterocycles. The van der Waals surface area contributed by atoms with E-state index in [0.717, 1.165) is 57.8 Å². The SMILES string of the molecule is CC(CCCC(C)(O)CO)[C@H]1CCC2C3C(O)C[C@@H]4CC(O)CC[C@]4(C)C3CC(O)[C@@]21C. The fraction of sp³-hybridized carbons (Fsp3) is 1.00. The molecule has 8 unspecified atom stereocenters. The number of aliphatic hydroxyl groups excluding tert-OH is 4. The fourth-order valence-electron chi connectivity index (χ4n) is 9.22. The standard InChI is InChI=1S/C27H48O5/c1-16(6-5-10-25(2,32)15-28)19-7-8-20-24-21(14-23(31)27(19,20)4)26(3)11-9-18(29)12-17(26)13-22(24)30/h16-24,28-32H,5-15H2,1-4H3/t16?,17-,18?,19+,20?,21?,22?,23?,24?,25?,26-,27+/m0/s1. The maximum atomic E-state index is 11.6. The molecule has 0 amide bonds. The van der Waals surface area contributed by atoms with Gasteiger partial charge in [0.05, 0.1) is 30.5 Å². The minimum atomic E-state index is -1.01. The molecule has 5 N–H and O–H groups in total. The topological polar surface area (TPSA) is 101 Å². The third kappa shape index (κ3) is 3.98. The zero-order valence-corrected chi connectivity index (χ0v) is 20.7. The Kier molecular flexibility index (Phi) is 6.84. The van der Waals surface area contributed by atoms with Crippen LogP contribution in [0.15, 0.2) is 0 Å². The van der Waals surface area contributed by atoms with Crippen LogP contribution in [-0.4, -0.2) is 56.1 Å². The van der Waals surface area contributed by atoms with Crippen molar-refractivity contribution in [3.05, 3.63) is 0 Å². The zero-order valence-electron chi connectivity index (χ0n) is 20.7. The summed E-state index contributed by atoms with van der Waals surface area (Å²) in [6.45, 7) is 8.45. The van der Waals surface area contributed by atoms with E-state index in [4.69, 9.17) is 0 Å². The van der Waals surface area contributed by atoms with Gasteiger partial charge in [-0.3, -0.25) is 0 Å². The Morgan fingerprint density at radius 1 is 1.00 bits per heavy atom. The molecule has 0 bridgehead atoms. The molecule has 186 valence electrons. The molecule has 4 aliphatic rings. The summed E-state index contributed by atoms with van der Waals surface area (Å²) in [5.41, 5.74) is -1.06. The highest BCUT2D eigenvalue weighted by atomic mass is 16.3. The number of aliphatic hydroxyl groups is 5. The van der Waals surface area contributed by atoms with Crippen molar-refractivity contribution in [2.75, 3.05) is 6.61 Å². The van der Waals surface area contributed by atoms with Crippen LogP contribution < -0.4 is 0 Å². The third-order valence-corrected chi connectivity index (χ3v) is 11.2. The minimum absolute atomic E-state index is 0.116. The van der Waals surface area contributed by atoms with Crippen molar-refractivity contribution < 1.29 is 25.5 Å². The smallest absolute Gasteiger partial charge is 0.0849 e. The highest BCUT2D eigenvalue weighted by Gasteiger charge is 2.65. The van der Waals surface area contributed by atoms with E-state index in [1.807, 2.05) is 0 Å². The second-order valence-corrected chi connectivity index (χ2v) is 13.1. The molecule has 4 fully saturated rings. The van der Waals surface area contributed by atoms with E-state index < -0.39 is 5.60 Å². The van der Waals surface area contributed by atoms with Crippen LogP contribution in [-0.2, 0) is 0 Å². The highest BCUT2D eigenvalue weighted by molar-refractivity contribution is 5.14. The van der Waals surface area contributed by atoms with Crippen molar-refractivity contribution in [1.82, 2.24) is 0 Å². The Bertz CT molecular complexity index is 666. The third-order valence-electron chi connectivity index (χ3n) is 11.2. The summed E-state index contributed by atoms with van der Waals surface area (Å²) in [6.07, 6.45) is 7.96. The van der Waals surface area contributed by atoms with Crippen LogP contribution in [0.1, 0.15) is 91.9 Å². The lowest BCUT2D eigenvalue weighted by molar-refractivity contribution is -0.207. The van der Waals surface area contributed by atoms with Gasteiger partial charge in [-0.2, -0.15) is 0 Å². The number of rotatable bonds is 6. The van der Waals surface area contributed by atoms with Gasteiger partial charge in [-0.1, -0.05) is 33.6 Å². The van der Waals surface area contributed by atoms with Gasteiger partial charge in [0.15, 0.2) is 0 Å². The van der Waals surface area contributed by atoms with E-state index in [1.54, 1.807) is 6.92 Å². The molecular formula is C27H48O5. The van der Waals surface area contributed by atoms with Gasteiger partial charge in [-0.25, -0.2) is 0 Å². The molecule has 0 spiro atoms. The molecule has 4 aliphatic carbocycles. The molecular weight excluding hydrogens is 404 g/mol. The second kappa shape index (κ2) is 8.78. The first-order valence-electron chi connectivity index (χ1n) is 13.3. The molecule has 0 aromatic carbocycles. The highest BCUT2D eigenvalue weighted by Crippen LogP contribution is 2.68. The number of hydrogen-bond donors (Lipinski definition) is 5. The summed E-state index contributed by atoms with van der Waals surface area (Å²) in [7, 11) is 0. The first kappa shape index (κ1) is 24.9. The Balaban J connectivity index is 1.51. The van der Waals surface area contributed by atoms with Gasteiger partial charge < -0.3 is 25.5 Å². The van der Waals surface area contributed by atoms with Gasteiger partial charge in [-0.05, 0) is 105 Å². The monoisotopic (exact) mass is 452 g/mol. The van der Waals surface area contributed by atoms with Gasteiger partial charge in [0.1, 0.15) is 0 Å². The van der Waals surface area contributed by atoms with Gasteiger partial charge in [-0.15, -0.1) is 0 Å². The van der Waals surface area contributed by atoms with Gasteiger partial charge in [0, 0.05) is 0 Å². The summed E-state index contributed by atoms with van der Waals surface area (Å²) in [4.78, 5) is 0. The predicted octanol–water partition coefficient (Wildman–Crippen LogP) is 3.50. The quantitative estimate of drug-likeness (QED) is 0.425. The lowest BCUT2D eigenvalue weighted by Gasteiger charge is -2.63. The molecule has 12 atom stereocenters. The van der Waals surface area contributed by atoms with E-state index >= 15 is 0 Å². The summed E-state index contributed by atoms with van der Waals surface area (Å²) in [5.74, 6) is 2.17. The van der Waals surface area contributed by atoms with Gasteiger partial charge >= 0.3 is 0 Å². The molecule has 0 aromatic rings. The molecule has 0 aliphatic heterocycles. The van der Waals surface area contributed by atoms with Crippen LogP contribution in [0.3, 0.4) is 0 Å². The molecule has 4 saturated carbocycles. The molecule has 32 heavy (non-hydrogen) atoms. The fourth-order valence-corrected chi connectivity index (χ4v) is 9.22. The summed E-state index contributed by atoms with van der Waals surface area (Å²) >= 11 is 0. The van der Waals surface area contributed by atoms with E-state index in [1.165, 1.54) is 0 Å². The van der Waals surface area contributed by atoms with Crippen molar-refractivity contribution in [3.8, 4) is 0 Å². The average Bonchev–Trinajstić information content (AvgIpc) is 3.08. The summed E-state index contributed by atoms with van der Waals surface area (Å²) in [5, 5.41) is 52.7. The Morgan fingerprint density at radius 3 is 2.41 bits per heavy atom. The van der Waals surface area contributed by atoms with E-state index in [-0.39, 0.29) is 41.7 Å². The molecule has 0 saturated heterocycles. The largest absolute Gasteiger partial charge is 0.393 e. The van der Waals surface area contributed by atoms with Crippen molar-refractivity contribution in [1.29, 1.82) is 0 Å². The summed E-state index contributed by atoms with van der Waals surface area (Å²) < 4.78 is 0. The summed E-state index contributed by atoms with van der Waals surface area (Å²) in [6, 6.07) is 0. The Morgan fingerprint density at radius 2 is 1.72 bits per heavy atom. The van der Waals surface area contributed by atoms with Gasteiger partial charge in [0.25, 0.3) is 0 Å². The molecule has 5 heteroatoms. The number of hydrogen-bond acceptors (Lipinski definition) is 5. The maximum Gasteiger partial charge on any atom is 0.0849 e. The minimum Gasteiger partial charge on any atom is -0.393 e. The molecule has 0 radical (unpaired) electrons. The molecule has 4 rings (SSSR count). The predicted molar refractivity (Wildman–Crippen MR) is 125 cm³/mol. The van der Waals surface area contributed by atoms with E-state index in [0.29, 0.717) is 36.0 Å². The van der Waals surface area contributed by atoms with Crippen molar-refractivity contribution in [2.24, 2.45) is 46.3 Å². The maximum absolute atomic E-state index is 11.6. The van der Waals surface area contributed by atoms with Crippen molar-refractivity contribution in [3.63, 3.8) is 0 Å². The lowest BCUT2D eigenvalue weighted by atomic mass is 9.43. The Labute approximate surface area is 194 Å². The van der Waals surface area contributed by atoms with E-state index in [9.17, 15) is 25.5 Å². The average molecular weight is 453 g/mol. The zero-order chi connectivity index (χ0) is 23.5. The van der Waals surface area contributed by atoms with Crippen molar-refractivity contribution >= 4 is 0 Å². The molecule has 0 aromatic heterocycles. The second-order valence-electron chi connectivity index (χ2n) is 13.1. The van der Waals surface area contributed by atoms with Crippen LogP contribution in [0, 0.1) is 46.3 Å². The first-order chi connectivity index (χ1) is 14.9. The Hall–Kier alpha value is -0.200. The van der Waals surface area contributed by atoms with Crippen LogP contribution in [0.4, 0.5) is 0 Å². The van der Waals surface area contributed by atoms with Crippen LogP contribution in [0.5, 0.6) is 0 Å².